The summed E-state index contributed by atoms with van der Waals surface area (Å²) in [6.07, 6.45) is 0. The number of carbonyl (C=O) groups is 1. The Hall–Kier alpha value is -2.72. The summed E-state index contributed by atoms with van der Waals surface area (Å²) in [5.74, 6) is -0.277. The third-order valence-electron chi connectivity index (χ3n) is 3.47. The molecule has 0 fully saturated rings. The Bertz CT molecular complexity index is 993. The first kappa shape index (κ1) is 17.1. The van der Waals surface area contributed by atoms with Crippen LogP contribution in [0.25, 0.3) is 0 Å². The molecule has 0 aliphatic rings. The van der Waals surface area contributed by atoms with Crippen molar-refractivity contribution in [3.63, 3.8) is 0 Å². The summed E-state index contributed by atoms with van der Waals surface area (Å²) in [4.78, 5) is 15.9. The van der Waals surface area contributed by atoms with Crippen LogP contribution in [0.1, 0.15) is 21.7 Å². The van der Waals surface area contributed by atoms with Crippen LogP contribution in [0.2, 0.25) is 0 Å². The molecule has 3 aromatic rings. The van der Waals surface area contributed by atoms with Gasteiger partial charge < -0.3 is 9.84 Å². The number of aryl methyl sites for hydroxylation is 1. The van der Waals surface area contributed by atoms with E-state index < -0.39 is 10.0 Å². The van der Waals surface area contributed by atoms with Crippen LogP contribution in [0.15, 0.2) is 44.6 Å². The van der Waals surface area contributed by atoms with Gasteiger partial charge in [-0.3, -0.25) is 4.79 Å². The molecule has 8 nitrogen and oxygen atoms in total. The fourth-order valence-corrected chi connectivity index (χ4v) is 3.51. The zero-order valence-corrected chi connectivity index (χ0v) is 14.9. The molecule has 1 aromatic carbocycles. The maximum atomic E-state index is 12.4. The molecule has 10 heteroatoms. The minimum atomic E-state index is -3.82. The van der Waals surface area contributed by atoms with Gasteiger partial charge in [-0.1, -0.05) is 5.16 Å². The van der Waals surface area contributed by atoms with Crippen LogP contribution < -0.4 is 10.0 Å². The van der Waals surface area contributed by atoms with Gasteiger partial charge in [-0.2, -0.15) is 0 Å². The van der Waals surface area contributed by atoms with Gasteiger partial charge in [-0.25, -0.2) is 18.1 Å². The Morgan fingerprint density at radius 2 is 1.92 bits per heavy atom. The van der Waals surface area contributed by atoms with Crippen LogP contribution in [0.4, 0.5) is 11.6 Å². The van der Waals surface area contributed by atoms with Crippen molar-refractivity contribution in [2.75, 3.05) is 10.0 Å². The Labute approximate surface area is 147 Å². The number of nitrogens with one attached hydrogen (secondary N) is 2. The lowest BCUT2D eigenvalue weighted by atomic mass is 10.3. The summed E-state index contributed by atoms with van der Waals surface area (Å²) < 4.78 is 32.1. The molecule has 2 N–H and O–H groups in total. The van der Waals surface area contributed by atoms with Crippen LogP contribution in [0, 0.1) is 13.8 Å². The van der Waals surface area contributed by atoms with Crippen molar-refractivity contribution in [2.45, 2.75) is 18.7 Å². The number of sulfonamides is 1. The fraction of sp³-hybridized carbons (Fsp3) is 0.133. The number of carbonyl (C=O) groups excluding carboxylic acids is 1. The van der Waals surface area contributed by atoms with E-state index in [1.165, 1.54) is 35.6 Å². The molecule has 130 valence electrons. The van der Waals surface area contributed by atoms with E-state index in [2.05, 4.69) is 20.2 Å². The van der Waals surface area contributed by atoms with E-state index in [9.17, 15) is 13.2 Å². The van der Waals surface area contributed by atoms with Crippen molar-refractivity contribution in [2.24, 2.45) is 0 Å². The van der Waals surface area contributed by atoms with E-state index in [1.54, 1.807) is 24.7 Å². The number of anilines is 2. The zero-order valence-electron chi connectivity index (χ0n) is 13.3. The molecule has 0 spiro atoms. The highest BCUT2D eigenvalue weighted by molar-refractivity contribution is 7.92. The number of thiazole rings is 1. The zero-order chi connectivity index (χ0) is 18.0. The minimum Gasteiger partial charge on any atom is -0.337 e. The molecule has 0 saturated heterocycles. The SMILES string of the molecule is Cc1noc(NS(=O)(=O)c2ccc(NC(=O)c3cscn3)cc2)c1C. The fourth-order valence-electron chi connectivity index (χ4n) is 1.93. The topological polar surface area (TPSA) is 114 Å². The first-order chi connectivity index (χ1) is 11.9. The molecule has 2 heterocycles. The summed E-state index contributed by atoms with van der Waals surface area (Å²) in [6, 6.07) is 5.77. The Morgan fingerprint density at radius 1 is 1.20 bits per heavy atom. The summed E-state index contributed by atoms with van der Waals surface area (Å²) in [5, 5.41) is 7.98. The van der Waals surface area contributed by atoms with E-state index in [0.717, 1.165) is 0 Å². The molecular formula is C15H14N4O4S2. The number of hydrogen-bond donors (Lipinski definition) is 2. The number of rotatable bonds is 5. The highest BCUT2D eigenvalue weighted by Crippen LogP contribution is 2.22. The molecule has 0 atom stereocenters. The summed E-state index contributed by atoms with van der Waals surface area (Å²) in [7, 11) is -3.82. The third-order valence-corrected chi connectivity index (χ3v) is 5.41. The van der Waals surface area contributed by atoms with Crippen LogP contribution in [0.3, 0.4) is 0 Å². The molecule has 0 radical (unpaired) electrons. The van der Waals surface area contributed by atoms with Gasteiger partial charge in [0.05, 0.1) is 16.1 Å². The van der Waals surface area contributed by atoms with Gasteiger partial charge in [0.1, 0.15) is 5.69 Å². The van der Waals surface area contributed by atoms with E-state index >= 15 is 0 Å². The summed E-state index contributed by atoms with van der Waals surface area (Å²) in [5.41, 5.74) is 3.56. The average molecular weight is 378 g/mol. The van der Waals surface area contributed by atoms with Crippen molar-refractivity contribution in [3.8, 4) is 0 Å². The largest absolute Gasteiger partial charge is 0.337 e. The summed E-state index contributed by atoms with van der Waals surface area (Å²) >= 11 is 1.31. The molecule has 0 aliphatic carbocycles. The second-order valence-electron chi connectivity index (χ2n) is 5.18. The molecule has 0 aliphatic heterocycles. The summed E-state index contributed by atoms with van der Waals surface area (Å²) in [6.45, 7) is 3.43. The van der Waals surface area contributed by atoms with Crippen molar-refractivity contribution in [1.29, 1.82) is 0 Å². The smallest absolute Gasteiger partial charge is 0.275 e. The number of benzene rings is 1. The van der Waals surface area contributed by atoms with Gasteiger partial charge in [0.2, 0.25) is 5.88 Å². The second kappa shape index (κ2) is 6.65. The van der Waals surface area contributed by atoms with Crippen LogP contribution in [0.5, 0.6) is 0 Å². The number of nitrogens with zero attached hydrogens (tertiary/aromatic N) is 2. The van der Waals surface area contributed by atoms with E-state index in [0.29, 0.717) is 22.6 Å². The highest BCUT2D eigenvalue weighted by atomic mass is 32.2. The number of amides is 1. The molecule has 0 unspecified atom stereocenters. The standard InChI is InChI=1S/C15H14N4O4S2/c1-9-10(2)18-23-15(9)19-25(21,22)12-5-3-11(4-6-12)17-14(20)13-7-24-8-16-13/h3-8,19H,1-2H3,(H,17,20). The van der Waals surface area contributed by atoms with E-state index in [1.807, 2.05) is 0 Å². The Kier molecular flexibility index (Phi) is 4.55. The quantitative estimate of drug-likeness (QED) is 0.705. The molecular weight excluding hydrogens is 364 g/mol. The monoisotopic (exact) mass is 378 g/mol. The Morgan fingerprint density at radius 3 is 2.48 bits per heavy atom. The first-order valence-corrected chi connectivity index (χ1v) is 9.55. The maximum absolute atomic E-state index is 12.4. The Balaban J connectivity index is 1.75. The van der Waals surface area contributed by atoms with Crippen molar-refractivity contribution in [3.05, 3.63) is 52.1 Å². The van der Waals surface area contributed by atoms with E-state index in [4.69, 9.17) is 4.52 Å². The minimum absolute atomic E-state index is 0.0348. The second-order valence-corrected chi connectivity index (χ2v) is 7.58. The number of aromatic nitrogens is 2. The molecule has 0 saturated carbocycles. The van der Waals surface area contributed by atoms with Crippen molar-refractivity contribution < 1.29 is 17.7 Å². The van der Waals surface area contributed by atoms with Crippen LogP contribution in [-0.4, -0.2) is 24.5 Å². The molecule has 1 amide bonds. The average Bonchev–Trinajstić information content (AvgIpc) is 3.21. The lowest BCUT2D eigenvalue weighted by molar-refractivity contribution is 0.102. The molecule has 2 aromatic heterocycles. The highest BCUT2D eigenvalue weighted by Gasteiger charge is 2.19. The first-order valence-electron chi connectivity index (χ1n) is 7.12. The predicted molar refractivity (Wildman–Crippen MR) is 93.3 cm³/mol. The van der Waals surface area contributed by atoms with Crippen LogP contribution >= 0.6 is 11.3 Å². The van der Waals surface area contributed by atoms with Gasteiger partial charge in [0, 0.05) is 16.6 Å². The molecule has 25 heavy (non-hydrogen) atoms. The van der Waals surface area contributed by atoms with Gasteiger partial charge >= 0.3 is 0 Å². The van der Waals surface area contributed by atoms with Crippen molar-refractivity contribution >= 4 is 38.8 Å². The van der Waals surface area contributed by atoms with Crippen LogP contribution in [-0.2, 0) is 10.0 Å². The van der Waals surface area contributed by atoms with E-state index in [-0.39, 0.29) is 16.7 Å². The molecule has 0 bridgehead atoms. The lowest BCUT2D eigenvalue weighted by Crippen LogP contribution is -2.14. The third kappa shape index (κ3) is 3.69. The predicted octanol–water partition coefficient (Wildman–Crippen LogP) is 2.80. The van der Waals surface area contributed by atoms with Gasteiger partial charge in [0.25, 0.3) is 15.9 Å². The normalized spacial score (nSPS) is 11.3. The van der Waals surface area contributed by atoms with Gasteiger partial charge in [0.15, 0.2) is 0 Å². The van der Waals surface area contributed by atoms with Crippen molar-refractivity contribution in [1.82, 2.24) is 10.1 Å². The van der Waals surface area contributed by atoms with Gasteiger partial charge in [-0.05, 0) is 38.1 Å². The molecule has 3 rings (SSSR count). The number of hydrogen-bond acceptors (Lipinski definition) is 7. The van der Waals surface area contributed by atoms with Gasteiger partial charge in [-0.15, -0.1) is 11.3 Å². The lowest BCUT2D eigenvalue weighted by Gasteiger charge is -2.07. The maximum Gasteiger partial charge on any atom is 0.275 e.